The normalized spacial score (nSPS) is 13.6. The van der Waals surface area contributed by atoms with E-state index in [1.54, 1.807) is 0 Å². The fraction of sp³-hybridized carbons (Fsp3) is 0.400. The predicted octanol–water partition coefficient (Wildman–Crippen LogP) is 2.27. The molecule has 1 unspecified atom stereocenters. The number of hydrogen-bond donors (Lipinski definition) is 1. The molecule has 0 heterocycles. The fourth-order valence-electron chi connectivity index (χ4n) is 1.26. The van der Waals surface area contributed by atoms with Gasteiger partial charge in [-0.2, -0.15) is 13.2 Å². The first kappa shape index (κ1) is 12.8. The van der Waals surface area contributed by atoms with Crippen LogP contribution in [0.25, 0.3) is 0 Å². The van der Waals surface area contributed by atoms with Crippen molar-refractivity contribution in [3.63, 3.8) is 0 Å². The molecule has 0 saturated carbocycles. The molecule has 0 radical (unpaired) electrons. The van der Waals surface area contributed by atoms with Gasteiger partial charge in [-0.1, -0.05) is 0 Å². The van der Waals surface area contributed by atoms with Crippen LogP contribution >= 0.6 is 0 Å². The van der Waals surface area contributed by atoms with Crippen molar-refractivity contribution in [2.45, 2.75) is 18.6 Å². The van der Waals surface area contributed by atoms with E-state index < -0.39 is 24.5 Å². The first-order chi connectivity index (χ1) is 7.34. The molecule has 1 aromatic carbocycles. The van der Waals surface area contributed by atoms with Crippen LogP contribution in [0.15, 0.2) is 18.2 Å². The molecule has 0 aliphatic carbocycles. The highest BCUT2D eigenvalue weighted by molar-refractivity contribution is 5.34. The van der Waals surface area contributed by atoms with Crippen LogP contribution in [0.3, 0.4) is 0 Å². The lowest BCUT2D eigenvalue weighted by atomic mass is 10.1. The highest BCUT2D eigenvalue weighted by Crippen LogP contribution is 2.26. The van der Waals surface area contributed by atoms with Gasteiger partial charge in [0, 0.05) is 6.42 Å². The highest BCUT2D eigenvalue weighted by Gasteiger charge is 2.37. The molecule has 0 bridgehead atoms. The summed E-state index contributed by atoms with van der Waals surface area (Å²) in [6, 6.07) is 1.35. The summed E-state index contributed by atoms with van der Waals surface area (Å²) in [5.74, 6) is -0.425. The van der Waals surface area contributed by atoms with Gasteiger partial charge in [-0.15, -0.1) is 0 Å². The van der Waals surface area contributed by atoms with E-state index in [2.05, 4.69) is 0 Å². The Hall–Kier alpha value is -1.30. The Kier molecular flexibility index (Phi) is 3.74. The van der Waals surface area contributed by atoms with Gasteiger partial charge >= 0.3 is 6.18 Å². The zero-order valence-corrected chi connectivity index (χ0v) is 8.51. The van der Waals surface area contributed by atoms with Crippen LogP contribution < -0.4 is 10.5 Å². The molecule has 2 N–H and O–H groups in total. The maximum atomic E-state index is 12.9. The van der Waals surface area contributed by atoms with Crippen molar-refractivity contribution in [1.29, 1.82) is 0 Å². The van der Waals surface area contributed by atoms with Crippen LogP contribution in [0.4, 0.5) is 17.6 Å². The molecule has 16 heavy (non-hydrogen) atoms. The molecule has 1 rings (SSSR count). The Balaban J connectivity index is 2.91. The Bertz CT molecular complexity index is 364. The van der Waals surface area contributed by atoms with Crippen LogP contribution in [0, 0.1) is 5.82 Å². The van der Waals surface area contributed by atoms with Crippen molar-refractivity contribution in [3.8, 4) is 5.75 Å². The van der Waals surface area contributed by atoms with Crippen molar-refractivity contribution < 1.29 is 22.3 Å². The van der Waals surface area contributed by atoms with Gasteiger partial charge in [0.1, 0.15) is 17.6 Å². The van der Waals surface area contributed by atoms with E-state index in [1.165, 1.54) is 13.2 Å². The molecular formula is C10H11F4NO. The smallest absolute Gasteiger partial charge is 0.403 e. The molecule has 0 spiro atoms. The number of benzene rings is 1. The summed E-state index contributed by atoms with van der Waals surface area (Å²) in [6.07, 6.45) is -5.01. The monoisotopic (exact) mass is 237 g/mol. The minimum absolute atomic E-state index is 0.104. The summed E-state index contributed by atoms with van der Waals surface area (Å²) in [6.45, 7) is 0. The topological polar surface area (TPSA) is 35.2 Å². The molecule has 0 amide bonds. The van der Waals surface area contributed by atoms with Crippen molar-refractivity contribution in [1.82, 2.24) is 0 Å². The third-order valence-electron chi connectivity index (χ3n) is 2.10. The Labute approximate surface area is 90.0 Å². The second-order valence-electron chi connectivity index (χ2n) is 3.31. The predicted molar refractivity (Wildman–Crippen MR) is 50.7 cm³/mol. The van der Waals surface area contributed by atoms with Gasteiger partial charge in [0.15, 0.2) is 0 Å². The lowest BCUT2D eigenvalue weighted by molar-refractivity contribution is -0.147. The third kappa shape index (κ3) is 3.10. The van der Waals surface area contributed by atoms with Crippen LogP contribution in [-0.2, 0) is 6.42 Å². The van der Waals surface area contributed by atoms with E-state index in [9.17, 15) is 17.6 Å². The van der Waals surface area contributed by atoms with E-state index in [0.717, 1.165) is 12.1 Å². The minimum atomic E-state index is -4.50. The standard InChI is InChI=1S/C10H11F4NO/c1-16-8-3-2-7(11)4-6(8)5-9(15)10(12,13)14/h2-4,9H,5,15H2,1H3. The van der Waals surface area contributed by atoms with Crippen LogP contribution in [0.5, 0.6) is 5.75 Å². The summed E-state index contributed by atoms with van der Waals surface area (Å²) in [7, 11) is 1.30. The van der Waals surface area contributed by atoms with Gasteiger partial charge in [0.25, 0.3) is 0 Å². The average molecular weight is 237 g/mol. The van der Waals surface area contributed by atoms with Gasteiger partial charge in [0.05, 0.1) is 7.11 Å². The largest absolute Gasteiger partial charge is 0.496 e. The summed E-state index contributed by atoms with van der Waals surface area (Å²) in [5.41, 5.74) is 5.06. The van der Waals surface area contributed by atoms with E-state index in [-0.39, 0.29) is 11.3 Å². The van der Waals surface area contributed by atoms with Gasteiger partial charge in [-0.3, -0.25) is 0 Å². The molecule has 1 atom stereocenters. The van der Waals surface area contributed by atoms with Crippen molar-refractivity contribution in [2.24, 2.45) is 5.73 Å². The molecule has 2 nitrogen and oxygen atoms in total. The quantitative estimate of drug-likeness (QED) is 0.818. The van der Waals surface area contributed by atoms with Crippen molar-refractivity contribution in [2.75, 3.05) is 7.11 Å². The van der Waals surface area contributed by atoms with Crippen molar-refractivity contribution >= 4 is 0 Å². The number of nitrogens with two attached hydrogens (primary N) is 1. The number of ether oxygens (including phenoxy) is 1. The molecule has 0 aliphatic rings. The Morgan fingerprint density at radius 2 is 2.00 bits per heavy atom. The summed E-state index contributed by atoms with van der Waals surface area (Å²) in [5, 5.41) is 0. The second-order valence-corrected chi connectivity index (χ2v) is 3.31. The average Bonchev–Trinajstić information content (AvgIpc) is 2.16. The van der Waals surface area contributed by atoms with E-state index in [4.69, 9.17) is 10.5 Å². The zero-order valence-electron chi connectivity index (χ0n) is 8.51. The van der Waals surface area contributed by atoms with E-state index in [1.807, 2.05) is 0 Å². The second kappa shape index (κ2) is 4.69. The molecule has 0 aromatic heterocycles. The maximum Gasteiger partial charge on any atom is 0.403 e. The highest BCUT2D eigenvalue weighted by atomic mass is 19.4. The summed E-state index contributed by atoms with van der Waals surface area (Å²) < 4.78 is 54.3. The number of halogens is 4. The van der Waals surface area contributed by atoms with E-state index >= 15 is 0 Å². The number of rotatable bonds is 3. The summed E-state index contributed by atoms with van der Waals surface area (Å²) >= 11 is 0. The van der Waals surface area contributed by atoms with Crippen LogP contribution in [0.2, 0.25) is 0 Å². The number of hydrogen-bond acceptors (Lipinski definition) is 2. The first-order valence-corrected chi connectivity index (χ1v) is 4.49. The Morgan fingerprint density at radius 3 is 2.50 bits per heavy atom. The molecule has 1 aromatic rings. The number of alkyl halides is 3. The van der Waals surface area contributed by atoms with Gasteiger partial charge in [-0.25, -0.2) is 4.39 Å². The molecule has 6 heteroatoms. The molecule has 90 valence electrons. The maximum absolute atomic E-state index is 12.9. The third-order valence-corrected chi connectivity index (χ3v) is 2.10. The van der Waals surface area contributed by atoms with Gasteiger partial charge in [-0.05, 0) is 23.8 Å². The first-order valence-electron chi connectivity index (χ1n) is 4.49. The van der Waals surface area contributed by atoms with Gasteiger partial charge in [0.2, 0.25) is 0 Å². The van der Waals surface area contributed by atoms with Crippen molar-refractivity contribution in [3.05, 3.63) is 29.6 Å². The molecule has 0 aliphatic heterocycles. The zero-order chi connectivity index (χ0) is 12.3. The van der Waals surface area contributed by atoms with E-state index in [0.29, 0.717) is 0 Å². The fourth-order valence-corrected chi connectivity index (χ4v) is 1.26. The summed E-state index contributed by atoms with van der Waals surface area (Å²) in [4.78, 5) is 0. The molecule has 0 saturated heterocycles. The van der Waals surface area contributed by atoms with Crippen LogP contribution in [0.1, 0.15) is 5.56 Å². The molecular weight excluding hydrogens is 226 g/mol. The SMILES string of the molecule is COc1ccc(F)cc1CC(N)C(F)(F)F. The lowest BCUT2D eigenvalue weighted by Crippen LogP contribution is -2.39. The lowest BCUT2D eigenvalue weighted by Gasteiger charge is -2.17. The van der Waals surface area contributed by atoms with Crippen LogP contribution in [-0.4, -0.2) is 19.3 Å². The molecule has 0 fully saturated rings. The minimum Gasteiger partial charge on any atom is -0.496 e. The van der Waals surface area contributed by atoms with Gasteiger partial charge < -0.3 is 10.5 Å². The number of methoxy groups -OCH3 is 1. The Morgan fingerprint density at radius 1 is 1.38 bits per heavy atom.